The van der Waals surface area contributed by atoms with E-state index < -0.39 is 5.97 Å². The number of carboxylic acid groups (broad SMARTS) is 1. The van der Waals surface area contributed by atoms with Crippen molar-refractivity contribution in [1.29, 1.82) is 0 Å². The molecule has 0 saturated carbocycles. The number of rotatable bonds is 5. The van der Waals surface area contributed by atoms with Crippen LogP contribution >= 0.6 is 11.8 Å². The van der Waals surface area contributed by atoms with Crippen molar-refractivity contribution in [1.82, 2.24) is 9.55 Å². The number of carboxylic acids is 1. The maximum Gasteiger partial charge on any atom is 0.323 e. The molecule has 1 unspecified atom stereocenters. The first kappa shape index (κ1) is 14.7. The highest BCUT2D eigenvalue weighted by Crippen LogP contribution is 2.35. The number of aliphatic carboxylic acids is 1. The van der Waals surface area contributed by atoms with Crippen LogP contribution in [-0.4, -0.2) is 20.6 Å². The molecule has 1 atom stereocenters. The Kier molecular flexibility index (Phi) is 4.15. The fraction of sp³-hybridized carbons (Fsp3) is 0.176. The number of fused-ring (bicyclic) bond motifs is 1. The molecule has 0 radical (unpaired) electrons. The second kappa shape index (κ2) is 6.23. The first-order chi connectivity index (χ1) is 10.6. The number of para-hydroxylation sites is 2. The molecule has 0 saturated heterocycles. The maximum absolute atomic E-state index is 11.2. The lowest BCUT2D eigenvalue weighted by molar-refractivity contribution is -0.137. The van der Waals surface area contributed by atoms with E-state index in [1.165, 1.54) is 5.56 Å². The Bertz CT molecular complexity index is 799. The summed E-state index contributed by atoms with van der Waals surface area (Å²) in [4.78, 5) is 15.8. The molecule has 3 aromatic rings. The van der Waals surface area contributed by atoms with Gasteiger partial charge in [0.2, 0.25) is 0 Å². The fourth-order valence-corrected chi connectivity index (χ4v) is 3.43. The van der Waals surface area contributed by atoms with Crippen molar-refractivity contribution in [2.75, 3.05) is 0 Å². The van der Waals surface area contributed by atoms with Gasteiger partial charge in [0.25, 0.3) is 0 Å². The standard InChI is InChI=1S/C17H16N2O2S/c1-12(13-7-3-2-4-8-13)22-17-18-14-9-5-6-10-15(14)19(17)11-16(20)21/h2-10,12H,11H2,1H3,(H,20,21). The predicted molar refractivity (Wildman–Crippen MR) is 88.1 cm³/mol. The van der Waals surface area contributed by atoms with Crippen LogP contribution in [0.25, 0.3) is 11.0 Å². The van der Waals surface area contributed by atoms with Crippen LogP contribution in [-0.2, 0) is 11.3 Å². The van der Waals surface area contributed by atoms with Gasteiger partial charge in [-0.25, -0.2) is 4.98 Å². The van der Waals surface area contributed by atoms with E-state index in [9.17, 15) is 4.79 Å². The quantitative estimate of drug-likeness (QED) is 0.724. The number of nitrogens with zero attached hydrogens (tertiary/aromatic N) is 2. The van der Waals surface area contributed by atoms with Crippen LogP contribution in [0.1, 0.15) is 17.7 Å². The maximum atomic E-state index is 11.2. The van der Waals surface area contributed by atoms with Crippen molar-refractivity contribution in [3.8, 4) is 0 Å². The Labute approximate surface area is 132 Å². The monoisotopic (exact) mass is 312 g/mol. The molecule has 1 N–H and O–H groups in total. The van der Waals surface area contributed by atoms with Crippen molar-refractivity contribution in [3.63, 3.8) is 0 Å². The summed E-state index contributed by atoms with van der Waals surface area (Å²) in [6.45, 7) is 2.02. The van der Waals surface area contributed by atoms with Crippen molar-refractivity contribution >= 4 is 28.8 Å². The van der Waals surface area contributed by atoms with Gasteiger partial charge in [0.05, 0.1) is 11.0 Å². The Morgan fingerprint density at radius 3 is 2.59 bits per heavy atom. The van der Waals surface area contributed by atoms with Gasteiger partial charge >= 0.3 is 5.97 Å². The third-order valence-corrected chi connectivity index (χ3v) is 4.61. The molecule has 112 valence electrons. The number of hydrogen-bond acceptors (Lipinski definition) is 3. The minimum Gasteiger partial charge on any atom is -0.480 e. The zero-order valence-electron chi connectivity index (χ0n) is 12.1. The molecule has 0 aliphatic heterocycles. The lowest BCUT2D eigenvalue weighted by atomic mass is 10.2. The van der Waals surface area contributed by atoms with Crippen LogP contribution in [0.15, 0.2) is 59.8 Å². The summed E-state index contributed by atoms with van der Waals surface area (Å²) >= 11 is 1.58. The Morgan fingerprint density at radius 2 is 1.86 bits per heavy atom. The predicted octanol–water partition coefficient (Wildman–Crippen LogP) is 3.97. The highest BCUT2D eigenvalue weighted by molar-refractivity contribution is 7.99. The molecule has 0 amide bonds. The zero-order chi connectivity index (χ0) is 15.5. The molecule has 1 heterocycles. The van der Waals surface area contributed by atoms with Gasteiger partial charge in [0, 0.05) is 5.25 Å². The second-order valence-corrected chi connectivity index (χ2v) is 6.34. The lowest BCUT2D eigenvalue weighted by Crippen LogP contribution is -2.10. The molecular formula is C17H16N2O2S. The number of aromatic nitrogens is 2. The van der Waals surface area contributed by atoms with Crippen LogP contribution in [0.4, 0.5) is 0 Å². The molecule has 5 heteroatoms. The van der Waals surface area contributed by atoms with Gasteiger partial charge in [-0.15, -0.1) is 0 Å². The largest absolute Gasteiger partial charge is 0.480 e. The van der Waals surface area contributed by atoms with E-state index in [4.69, 9.17) is 5.11 Å². The topological polar surface area (TPSA) is 55.1 Å². The summed E-state index contributed by atoms with van der Waals surface area (Å²) in [5.74, 6) is -0.864. The van der Waals surface area contributed by atoms with Gasteiger partial charge in [-0.2, -0.15) is 0 Å². The van der Waals surface area contributed by atoms with E-state index in [0.717, 1.165) is 16.2 Å². The van der Waals surface area contributed by atoms with E-state index in [-0.39, 0.29) is 11.8 Å². The Balaban J connectivity index is 1.97. The summed E-state index contributed by atoms with van der Waals surface area (Å²) < 4.78 is 1.77. The van der Waals surface area contributed by atoms with E-state index in [2.05, 4.69) is 24.0 Å². The zero-order valence-corrected chi connectivity index (χ0v) is 13.0. The molecule has 0 aliphatic rings. The minimum absolute atomic E-state index is 0.0790. The second-order valence-electron chi connectivity index (χ2n) is 5.03. The van der Waals surface area contributed by atoms with Crippen LogP contribution in [0.5, 0.6) is 0 Å². The van der Waals surface area contributed by atoms with E-state index in [0.29, 0.717) is 0 Å². The van der Waals surface area contributed by atoms with Crippen LogP contribution in [0.3, 0.4) is 0 Å². The average Bonchev–Trinajstić information content (AvgIpc) is 2.85. The first-order valence-corrected chi connectivity index (χ1v) is 7.92. The molecule has 1 aromatic heterocycles. The number of imidazole rings is 1. The number of hydrogen-bond donors (Lipinski definition) is 1. The van der Waals surface area contributed by atoms with Crippen molar-refractivity contribution < 1.29 is 9.90 Å². The molecule has 3 rings (SSSR count). The SMILES string of the molecule is CC(Sc1nc2ccccc2n1CC(=O)O)c1ccccc1. The normalized spacial score (nSPS) is 12.4. The van der Waals surface area contributed by atoms with Gasteiger partial charge in [-0.1, -0.05) is 54.2 Å². The summed E-state index contributed by atoms with van der Waals surface area (Å²) in [5, 5.41) is 10.1. The van der Waals surface area contributed by atoms with Gasteiger partial charge in [0.1, 0.15) is 6.54 Å². The highest BCUT2D eigenvalue weighted by atomic mass is 32.2. The summed E-state index contributed by atoms with van der Waals surface area (Å²) in [6.07, 6.45) is 0. The summed E-state index contributed by atoms with van der Waals surface area (Å²) in [7, 11) is 0. The van der Waals surface area contributed by atoms with Gasteiger partial charge in [0.15, 0.2) is 5.16 Å². The third kappa shape index (κ3) is 2.99. The van der Waals surface area contributed by atoms with Crippen molar-refractivity contribution in [2.24, 2.45) is 0 Å². The van der Waals surface area contributed by atoms with E-state index in [1.807, 2.05) is 42.5 Å². The number of benzene rings is 2. The average molecular weight is 312 g/mol. The lowest BCUT2D eigenvalue weighted by Gasteiger charge is -2.12. The van der Waals surface area contributed by atoms with E-state index >= 15 is 0 Å². The molecule has 0 fully saturated rings. The summed E-state index contributed by atoms with van der Waals surface area (Å²) in [5.41, 5.74) is 2.88. The molecule has 0 bridgehead atoms. The number of thioether (sulfide) groups is 1. The molecule has 4 nitrogen and oxygen atoms in total. The van der Waals surface area contributed by atoms with Gasteiger partial charge in [-0.3, -0.25) is 4.79 Å². The van der Waals surface area contributed by atoms with Crippen LogP contribution in [0, 0.1) is 0 Å². The number of carbonyl (C=O) groups is 1. The smallest absolute Gasteiger partial charge is 0.323 e. The molecule has 2 aromatic carbocycles. The molecule has 22 heavy (non-hydrogen) atoms. The van der Waals surface area contributed by atoms with Crippen molar-refractivity contribution in [3.05, 3.63) is 60.2 Å². The summed E-state index contributed by atoms with van der Waals surface area (Å²) in [6, 6.07) is 17.8. The van der Waals surface area contributed by atoms with Crippen LogP contribution in [0.2, 0.25) is 0 Å². The molecular weight excluding hydrogens is 296 g/mol. The molecule has 0 aliphatic carbocycles. The van der Waals surface area contributed by atoms with E-state index in [1.54, 1.807) is 16.3 Å². The third-order valence-electron chi connectivity index (χ3n) is 3.46. The highest BCUT2D eigenvalue weighted by Gasteiger charge is 2.16. The first-order valence-electron chi connectivity index (χ1n) is 7.04. The van der Waals surface area contributed by atoms with Gasteiger partial charge in [-0.05, 0) is 24.6 Å². The van der Waals surface area contributed by atoms with Gasteiger partial charge < -0.3 is 9.67 Å². The molecule has 0 spiro atoms. The fourth-order valence-electron chi connectivity index (χ4n) is 2.38. The van der Waals surface area contributed by atoms with Crippen LogP contribution < -0.4 is 0 Å². The van der Waals surface area contributed by atoms with Crippen molar-refractivity contribution in [2.45, 2.75) is 23.9 Å². The Hall–Kier alpha value is -2.27. The minimum atomic E-state index is -0.864. The Morgan fingerprint density at radius 1 is 1.18 bits per heavy atom.